The molecule has 0 aliphatic carbocycles. The van der Waals surface area contributed by atoms with E-state index in [9.17, 15) is 4.79 Å². The molecule has 2 aromatic rings. The van der Waals surface area contributed by atoms with Gasteiger partial charge in [0.2, 0.25) is 5.91 Å². The maximum atomic E-state index is 12.1. The smallest absolute Gasteiger partial charge is 0.238 e. The van der Waals surface area contributed by atoms with Crippen molar-refractivity contribution in [2.45, 2.75) is 13.5 Å². The lowest BCUT2D eigenvalue weighted by Crippen LogP contribution is -2.31. The lowest BCUT2D eigenvalue weighted by atomic mass is 10.1. The Balaban J connectivity index is 1.94. The summed E-state index contributed by atoms with van der Waals surface area (Å²) in [5, 5.41) is 2.87. The largest absolute Gasteiger partial charge is 0.397 e. The number of benzene rings is 1. The van der Waals surface area contributed by atoms with Gasteiger partial charge in [0.1, 0.15) is 5.82 Å². The van der Waals surface area contributed by atoms with Gasteiger partial charge in [0.15, 0.2) is 0 Å². The summed E-state index contributed by atoms with van der Waals surface area (Å²) in [6.07, 6.45) is 3.63. The second-order valence-electron chi connectivity index (χ2n) is 5.21. The van der Waals surface area contributed by atoms with Crippen molar-refractivity contribution in [1.29, 1.82) is 0 Å². The summed E-state index contributed by atoms with van der Waals surface area (Å²) in [5.41, 5.74) is 8.11. The highest BCUT2D eigenvalue weighted by Crippen LogP contribution is 2.22. The van der Waals surface area contributed by atoms with Gasteiger partial charge in [-0.15, -0.1) is 0 Å². The van der Waals surface area contributed by atoms with E-state index in [4.69, 9.17) is 5.73 Å². The molecule has 0 saturated heterocycles. The van der Waals surface area contributed by atoms with E-state index in [2.05, 4.69) is 10.3 Å². The molecular formula is C15H21N5O. The Morgan fingerprint density at radius 3 is 2.86 bits per heavy atom. The van der Waals surface area contributed by atoms with Gasteiger partial charge in [-0.05, 0) is 25.6 Å². The Labute approximate surface area is 124 Å². The average molecular weight is 287 g/mol. The van der Waals surface area contributed by atoms with Crippen molar-refractivity contribution in [2.24, 2.45) is 7.05 Å². The maximum Gasteiger partial charge on any atom is 0.238 e. The van der Waals surface area contributed by atoms with Gasteiger partial charge in [-0.2, -0.15) is 0 Å². The van der Waals surface area contributed by atoms with Crippen LogP contribution in [-0.2, 0) is 18.4 Å². The molecule has 0 aliphatic heterocycles. The number of hydrogen-bond donors (Lipinski definition) is 2. The molecule has 0 fully saturated rings. The molecular weight excluding hydrogens is 266 g/mol. The summed E-state index contributed by atoms with van der Waals surface area (Å²) in [7, 11) is 3.82. The predicted octanol–water partition coefficient (Wildman–Crippen LogP) is 1.38. The van der Waals surface area contributed by atoms with Gasteiger partial charge >= 0.3 is 0 Å². The van der Waals surface area contributed by atoms with Crippen molar-refractivity contribution < 1.29 is 4.79 Å². The second kappa shape index (κ2) is 6.41. The number of nitrogens with zero attached hydrogens (tertiary/aromatic N) is 3. The number of nitrogens with two attached hydrogens (primary N) is 1. The Morgan fingerprint density at radius 1 is 1.48 bits per heavy atom. The molecule has 0 spiro atoms. The number of nitrogen functional groups attached to an aromatic ring is 1. The highest BCUT2D eigenvalue weighted by atomic mass is 16.2. The molecule has 6 nitrogen and oxygen atoms in total. The summed E-state index contributed by atoms with van der Waals surface area (Å²) >= 11 is 0. The Hall–Kier alpha value is -2.34. The van der Waals surface area contributed by atoms with Crippen LogP contribution in [0, 0.1) is 6.92 Å². The minimum Gasteiger partial charge on any atom is -0.397 e. The Bertz CT molecular complexity index is 614. The first-order valence-corrected chi connectivity index (χ1v) is 6.77. The number of carbonyl (C=O) groups excluding carboxylic acids is 1. The van der Waals surface area contributed by atoms with E-state index in [-0.39, 0.29) is 12.5 Å². The number of carbonyl (C=O) groups is 1. The van der Waals surface area contributed by atoms with Crippen molar-refractivity contribution in [3.05, 3.63) is 42.0 Å². The number of imidazole rings is 1. The molecule has 0 aliphatic rings. The summed E-state index contributed by atoms with van der Waals surface area (Å²) in [4.78, 5) is 18.3. The fourth-order valence-electron chi connectivity index (χ4n) is 2.13. The Kier molecular flexibility index (Phi) is 4.59. The lowest BCUT2D eigenvalue weighted by molar-refractivity contribution is -0.117. The number of anilines is 2. The van der Waals surface area contributed by atoms with Gasteiger partial charge in [0.25, 0.3) is 0 Å². The molecule has 0 saturated carbocycles. The zero-order chi connectivity index (χ0) is 15.4. The summed E-state index contributed by atoms with van der Waals surface area (Å²) in [6, 6.07) is 5.57. The van der Waals surface area contributed by atoms with Gasteiger partial charge in [-0.3, -0.25) is 9.69 Å². The Morgan fingerprint density at radius 2 is 2.24 bits per heavy atom. The zero-order valence-corrected chi connectivity index (χ0v) is 12.6. The number of aryl methyl sites for hydroxylation is 2. The van der Waals surface area contributed by atoms with E-state index in [1.807, 2.05) is 48.8 Å². The van der Waals surface area contributed by atoms with Crippen LogP contribution in [0.1, 0.15) is 11.4 Å². The molecule has 112 valence electrons. The van der Waals surface area contributed by atoms with Crippen LogP contribution in [0.25, 0.3) is 0 Å². The minimum absolute atomic E-state index is 0.0901. The van der Waals surface area contributed by atoms with Gasteiger partial charge in [-0.25, -0.2) is 4.98 Å². The van der Waals surface area contributed by atoms with Gasteiger partial charge in [0.05, 0.1) is 24.5 Å². The molecule has 0 bridgehead atoms. The highest BCUT2D eigenvalue weighted by Gasteiger charge is 2.12. The SMILES string of the molecule is Cc1cccc(N)c1NC(=O)CN(C)Cc1nccn1C. The van der Waals surface area contributed by atoms with Crippen LogP contribution in [0.2, 0.25) is 0 Å². The van der Waals surface area contributed by atoms with Crippen LogP contribution in [0.3, 0.4) is 0 Å². The standard InChI is InChI=1S/C15H21N5O/c1-11-5-4-6-12(16)15(11)18-14(21)10-19(2)9-13-17-7-8-20(13)3/h4-8H,9-10,16H2,1-3H3,(H,18,21). The van der Waals surface area contributed by atoms with E-state index >= 15 is 0 Å². The van der Waals surface area contributed by atoms with Crippen molar-refractivity contribution in [2.75, 3.05) is 24.6 Å². The molecule has 2 rings (SSSR count). The van der Waals surface area contributed by atoms with Crippen LogP contribution in [-0.4, -0.2) is 34.0 Å². The average Bonchev–Trinajstić information content (AvgIpc) is 2.79. The quantitative estimate of drug-likeness (QED) is 0.815. The van der Waals surface area contributed by atoms with E-state index in [1.165, 1.54) is 0 Å². The highest BCUT2D eigenvalue weighted by molar-refractivity contribution is 5.96. The fraction of sp³-hybridized carbons (Fsp3) is 0.333. The third kappa shape index (κ3) is 3.82. The summed E-state index contributed by atoms with van der Waals surface area (Å²) in [5.74, 6) is 0.827. The molecule has 1 aromatic carbocycles. The first-order chi connectivity index (χ1) is 9.97. The summed E-state index contributed by atoms with van der Waals surface area (Å²) < 4.78 is 1.94. The van der Waals surface area contributed by atoms with E-state index in [1.54, 1.807) is 12.3 Å². The fourth-order valence-corrected chi connectivity index (χ4v) is 2.13. The first-order valence-electron chi connectivity index (χ1n) is 6.77. The van der Waals surface area contributed by atoms with Crippen molar-refractivity contribution in [3.8, 4) is 0 Å². The topological polar surface area (TPSA) is 76.2 Å². The normalized spacial score (nSPS) is 10.9. The van der Waals surface area contributed by atoms with Gasteiger partial charge in [-0.1, -0.05) is 12.1 Å². The second-order valence-corrected chi connectivity index (χ2v) is 5.21. The van der Waals surface area contributed by atoms with Crippen LogP contribution in [0.5, 0.6) is 0 Å². The molecule has 6 heteroatoms. The van der Waals surface area contributed by atoms with E-state index in [0.717, 1.165) is 11.4 Å². The van der Waals surface area contributed by atoms with Crippen LogP contribution >= 0.6 is 0 Å². The van der Waals surface area contributed by atoms with E-state index in [0.29, 0.717) is 17.9 Å². The third-order valence-corrected chi connectivity index (χ3v) is 3.32. The minimum atomic E-state index is -0.0901. The number of para-hydroxylation sites is 1. The van der Waals surface area contributed by atoms with Crippen molar-refractivity contribution >= 4 is 17.3 Å². The molecule has 0 atom stereocenters. The number of likely N-dealkylation sites (N-methyl/N-ethyl adjacent to an activating group) is 1. The van der Waals surface area contributed by atoms with Crippen molar-refractivity contribution in [3.63, 3.8) is 0 Å². The molecule has 21 heavy (non-hydrogen) atoms. The van der Waals surface area contributed by atoms with Crippen LogP contribution < -0.4 is 11.1 Å². The lowest BCUT2D eigenvalue weighted by Gasteiger charge is -2.17. The number of aromatic nitrogens is 2. The van der Waals surface area contributed by atoms with Crippen LogP contribution in [0.4, 0.5) is 11.4 Å². The van der Waals surface area contributed by atoms with E-state index < -0.39 is 0 Å². The number of amides is 1. The maximum absolute atomic E-state index is 12.1. The number of hydrogen-bond acceptors (Lipinski definition) is 4. The zero-order valence-electron chi connectivity index (χ0n) is 12.6. The monoisotopic (exact) mass is 287 g/mol. The molecule has 3 N–H and O–H groups in total. The molecule has 1 aromatic heterocycles. The van der Waals surface area contributed by atoms with Crippen molar-refractivity contribution in [1.82, 2.24) is 14.5 Å². The van der Waals surface area contributed by atoms with Gasteiger partial charge in [0, 0.05) is 19.4 Å². The number of nitrogens with one attached hydrogen (secondary N) is 1. The molecule has 0 radical (unpaired) electrons. The third-order valence-electron chi connectivity index (χ3n) is 3.32. The molecule has 0 unspecified atom stereocenters. The molecule has 1 heterocycles. The van der Waals surface area contributed by atoms with Crippen LogP contribution in [0.15, 0.2) is 30.6 Å². The first kappa shape index (κ1) is 15.1. The summed E-state index contributed by atoms with van der Waals surface area (Å²) in [6.45, 7) is 2.81. The molecule has 1 amide bonds. The van der Waals surface area contributed by atoms with Gasteiger partial charge < -0.3 is 15.6 Å². The predicted molar refractivity (Wildman–Crippen MR) is 83.8 cm³/mol. The number of rotatable bonds is 5.